The summed E-state index contributed by atoms with van der Waals surface area (Å²) in [7, 11) is -7.14. The topological polar surface area (TPSA) is 74.8 Å². The molecule has 6 nitrogen and oxygen atoms in total. The summed E-state index contributed by atoms with van der Waals surface area (Å²) in [4.78, 5) is 0. The maximum Gasteiger partial charge on any atom is 0.232 e. The normalized spacial score (nSPS) is 22.2. The molecule has 0 aliphatic carbocycles. The summed E-state index contributed by atoms with van der Waals surface area (Å²) in [6, 6.07) is 13.0. The second kappa shape index (κ2) is 4.73. The van der Waals surface area contributed by atoms with Gasteiger partial charge in [0.1, 0.15) is 0 Å². The molecule has 2 aliphatic rings. The lowest BCUT2D eigenvalue weighted by molar-refractivity contribution is 0.565. The highest BCUT2D eigenvalue weighted by atomic mass is 32.2. The Morgan fingerprint density at radius 1 is 0.667 bits per heavy atom. The lowest BCUT2D eigenvalue weighted by atomic mass is 10.0. The van der Waals surface area contributed by atoms with E-state index in [9.17, 15) is 16.8 Å². The molecule has 0 spiro atoms. The van der Waals surface area contributed by atoms with Crippen LogP contribution < -0.4 is 8.61 Å². The van der Waals surface area contributed by atoms with Crippen LogP contribution in [-0.4, -0.2) is 29.3 Å². The van der Waals surface area contributed by atoms with Gasteiger partial charge in [0.2, 0.25) is 20.0 Å². The molecule has 126 valence electrons. The van der Waals surface area contributed by atoms with Crippen LogP contribution in [0.1, 0.15) is 23.2 Å². The van der Waals surface area contributed by atoms with Gasteiger partial charge in [-0.3, -0.25) is 8.61 Å². The van der Waals surface area contributed by atoms with Gasteiger partial charge in [-0.25, -0.2) is 16.8 Å². The third-order valence-electron chi connectivity index (χ3n) is 4.50. The van der Waals surface area contributed by atoms with Crippen molar-refractivity contribution in [1.82, 2.24) is 0 Å². The molecular formula is C16H16N2O4S2. The van der Waals surface area contributed by atoms with Gasteiger partial charge in [0.25, 0.3) is 0 Å². The third-order valence-corrected chi connectivity index (χ3v) is 6.78. The lowest BCUT2D eigenvalue weighted by Crippen LogP contribution is -2.35. The minimum Gasteiger partial charge on any atom is -0.260 e. The van der Waals surface area contributed by atoms with Gasteiger partial charge in [-0.05, 0) is 12.1 Å². The Balaban J connectivity index is 2.07. The molecule has 0 bridgehead atoms. The maximum atomic E-state index is 12.5. The molecule has 0 saturated heterocycles. The molecule has 2 atom stereocenters. The largest absolute Gasteiger partial charge is 0.260 e. The molecular weight excluding hydrogens is 348 g/mol. The summed E-state index contributed by atoms with van der Waals surface area (Å²) >= 11 is 0. The van der Waals surface area contributed by atoms with Gasteiger partial charge in [-0.2, -0.15) is 0 Å². The van der Waals surface area contributed by atoms with Crippen molar-refractivity contribution < 1.29 is 16.8 Å². The van der Waals surface area contributed by atoms with Gasteiger partial charge in [0.05, 0.1) is 36.0 Å². The molecule has 24 heavy (non-hydrogen) atoms. The van der Waals surface area contributed by atoms with Crippen molar-refractivity contribution in [2.24, 2.45) is 0 Å². The summed E-state index contributed by atoms with van der Waals surface area (Å²) in [6.45, 7) is 0. The van der Waals surface area contributed by atoms with Crippen LogP contribution in [0.15, 0.2) is 48.5 Å². The van der Waals surface area contributed by atoms with E-state index in [1.54, 1.807) is 48.5 Å². The van der Waals surface area contributed by atoms with E-state index in [1.807, 2.05) is 0 Å². The van der Waals surface area contributed by atoms with Gasteiger partial charge in [-0.1, -0.05) is 36.4 Å². The second-order valence-electron chi connectivity index (χ2n) is 6.12. The van der Waals surface area contributed by atoms with E-state index in [0.717, 1.165) is 12.5 Å². The molecule has 2 heterocycles. The number of benzene rings is 2. The number of nitrogens with zero attached hydrogens (tertiary/aromatic N) is 2. The molecule has 0 aromatic heterocycles. The summed E-state index contributed by atoms with van der Waals surface area (Å²) in [6.07, 6.45) is 2.30. The predicted molar refractivity (Wildman–Crippen MR) is 93.0 cm³/mol. The number of fused-ring (bicyclic) bond motifs is 5. The van der Waals surface area contributed by atoms with Gasteiger partial charge in [0.15, 0.2) is 0 Å². The van der Waals surface area contributed by atoms with Crippen LogP contribution in [0.2, 0.25) is 0 Å². The zero-order valence-electron chi connectivity index (χ0n) is 13.1. The molecule has 0 saturated carbocycles. The number of hydrogen-bond acceptors (Lipinski definition) is 4. The average molecular weight is 364 g/mol. The van der Waals surface area contributed by atoms with Crippen molar-refractivity contribution in [2.75, 3.05) is 21.1 Å². The Morgan fingerprint density at radius 3 is 1.33 bits per heavy atom. The maximum absolute atomic E-state index is 12.5. The first kappa shape index (κ1) is 15.5. The third kappa shape index (κ3) is 1.99. The van der Waals surface area contributed by atoms with Crippen molar-refractivity contribution in [1.29, 1.82) is 0 Å². The highest BCUT2D eigenvalue weighted by molar-refractivity contribution is 7.92. The van der Waals surface area contributed by atoms with Gasteiger partial charge < -0.3 is 0 Å². The van der Waals surface area contributed by atoms with Crippen molar-refractivity contribution in [3.63, 3.8) is 0 Å². The van der Waals surface area contributed by atoms with Crippen LogP contribution >= 0.6 is 0 Å². The van der Waals surface area contributed by atoms with Crippen LogP contribution in [0.5, 0.6) is 0 Å². The average Bonchev–Trinajstić information content (AvgIpc) is 2.98. The number of anilines is 2. The summed E-state index contributed by atoms with van der Waals surface area (Å²) in [5.74, 6) is 0. The van der Waals surface area contributed by atoms with Crippen LogP contribution in [0.25, 0.3) is 0 Å². The van der Waals surface area contributed by atoms with E-state index in [-0.39, 0.29) is 0 Å². The molecule has 0 N–H and O–H groups in total. The molecule has 0 fully saturated rings. The fraction of sp³-hybridized carbons (Fsp3) is 0.250. The number of hydrogen-bond donors (Lipinski definition) is 0. The quantitative estimate of drug-likeness (QED) is 0.817. The number of para-hydroxylation sites is 2. The minimum absolute atomic E-state index is 0.540. The SMILES string of the molecule is CS(=O)(=O)N1c2ccccc2[C@H]2[C@@H]1c1ccccc1N2S(C)(=O)=O. The smallest absolute Gasteiger partial charge is 0.232 e. The van der Waals surface area contributed by atoms with E-state index >= 15 is 0 Å². The standard InChI is InChI=1S/C16H16N2O4S2/c1-23(19,20)17-13-9-5-3-7-11(13)16-15(17)12-8-4-6-10-14(12)18(16)24(2,21)22/h3-10,15-16H,1-2H3/t15-,16-/m0/s1. The minimum atomic E-state index is -3.57. The first-order valence-electron chi connectivity index (χ1n) is 7.38. The Kier molecular flexibility index (Phi) is 3.05. The molecule has 2 aromatic carbocycles. The highest BCUT2D eigenvalue weighted by Gasteiger charge is 2.54. The van der Waals surface area contributed by atoms with Crippen LogP contribution in [-0.2, 0) is 20.0 Å². The molecule has 8 heteroatoms. The van der Waals surface area contributed by atoms with Gasteiger partial charge in [0, 0.05) is 11.1 Å². The van der Waals surface area contributed by atoms with Crippen molar-refractivity contribution in [3.05, 3.63) is 59.7 Å². The molecule has 4 rings (SSSR count). The first-order valence-corrected chi connectivity index (χ1v) is 11.1. The zero-order valence-corrected chi connectivity index (χ0v) is 14.8. The lowest BCUT2D eigenvalue weighted by Gasteiger charge is -2.26. The summed E-state index contributed by atoms with van der Waals surface area (Å²) < 4.78 is 52.5. The van der Waals surface area contributed by atoms with Crippen molar-refractivity contribution in [3.8, 4) is 0 Å². The summed E-state index contributed by atoms with van der Waals surface area (Å²) in [5, 5.41) is 0. The van der Waals surface area contributed by atoms with Crippen LogP contribution in [0.4, 0.5) is 11.4 Å². The van der Waals surface area contributed by atoms with E-state index in [1.165, 1.54) is 8.61 Å². The monoisotopic (exact) mass is 364 g/mol. The van der Waals surface area contributed by atoms with Crippen LogP contribution in [0.3, 0.4) is 0 Å². The Hall–Kier alpha value is -2.06. The molecule has 0 amide bonds. The molecule has 2 aromatic rings. The second-order valence-corrected chi connectivity index (χ2v) is 9.84. The molecule has 2 aliphatic heterocycles. The number of sulfonamides is 2. The van der Waals surface area contributed by atoms with Gasteiger partial charge >= 0.3 is 0 Å². The first-order chi connectivity index (χ1) is 11.2. The Labute approximate surface area is 141 Å². The van der Waals surface area contributed by atoms with E-state index < -0.39 is 32.1 Å². The Morgan fingerprint density at radius 2 is 1.00 bits per heavy atom. The van der Waals surface area contributed by atoms with Gasteiger partial charge in [-0.15, -0.1) is 0 Å². The zero-order chi connectivity index (χ0) is 17.3. The molecule has 0 unspecified atom stereocenters. The van der Waals surface area contributed by atoms with E-state index in [4.69, 9.17) is 0 Å². The fourth-order valence-electron chi connectivity index (χ4n) is 3.80. The Bertz CT molecular complexity index is 962. The van der Waals surface area contributed by atoms with E-state index in [0.29, 0.717) is 22.5 Å². The van der Waals surface area contributed by atoms with Crippen molar-refractivity contribution >= 4 is 31.4 Å². The van der Waals surface area contributed by atoms with E-state index in [2.05, 4.69) is 0 Å². The fourth-order valence-corrected chi connectivity index (χ4v) is 6.13. The van der Waals surface area contributed by atoms with Crippen LogP contribution in [0, 0.1) is 0 Å². The van der Waals surface area contributed by atoms with Crippen molar-refractivity contribution in [2.45, 2.75) is 12.1 Å². The predicted octanol–water partition coefficient (Wildman–Crippen LogP) is 2.03. The highest BCUT2D eigenvalue weighted by Crippen LogP contribution is 2.59. The molecule has 0 radical (unpaired) electrons. The number of rotatable bonds is 2. The summed E-state index contributed by atoms with van der Waals surface area (Å²) in [5.41, 5.74) is 2.49.